The first-order valence-corrected chi connectivity index (χ1v) is 5.55. The fourth-order valence-electron chi connectivity index (χ4n) is 1.68. The molecule has 17 heavy (non-hydrogen) atoms. The van der Waals surface area contributed by atoms with Crippen LogP contribution in [0.2, 0.25) is 0 Å². The summed E-state index contributed by atoms with van der Waals surface area (Å²) in [5.74, 6) is -1.49. The monoisotopic (exact) mass is 245 g/mol. The summed E-state index contributed by atoms with van der Waals surface area (Å²) in [5.41, 5.74) is -0.452. The molecule has 0 aromatic heterocycles. The number of aliphatic hydroxyl groups excluding tert-OH is 1. The minimum absolute atomic E-state index is 0.0588. The molecule has 1 heterocycles. The number of rotatable bonds is 3. The highest BCUT2D eigenvalue weighted by Crippen LogP contribution is 2.19. The largest absolute Gasteiger partial charge is 0.480 e. The summed E-state index contributed by atoms with van der Waals surface area (Å²) >= 11 is 0. The predicted molar refractivity (Wildman–Crippen MR) is 59.5 cm³/mol. The fraction of sp³-hybridized carbons (Fsp3) is 0.818. The van der Waals surface area contributed by atoms with E-state index in [9.17, 15) is 14.7 Å². The van der Waals surface area contributed by atoms with Crippen molar-refractivity contribution in [2.75, 3.05) is 13.2 Å². The number of ether oxygens (including phenoxy) is 1. The molecule has 6 heteroatoms. The van der Waals surface area contributed by atoms with Gasteiger partial charge in [-0.2, -0.15) is 0 Å². The summed E-state index contributed by atoms with van der Waals surface area (Å²) in [6.07, 6.45) is -0.689. The maximum Gasteiger partial charge on any atom is 0.326 e. The van der Waals surface area contributed by atoms with E-state index in [1.54, 1.807) is 0 Å². The predicted octanol–water partition coefficient (Wildman–Crippen LogP) is -0.152. The van der Waals surface area contributed by atoms with Crippen LogP contribution in [0.4, 0.5) is 0 Å². The topological polar surface area (TPSA) is 87.1 Å². The Bertz CT molecular complexity index is 309. The van der Waals surface area contributed by atoms with Gasteiger partial charge in [-0.1, -0.05) is 0 Å². The number of carboxylic acids is 1. The van der Waals surface area contributed by atoms with Crippen LogP contribution in [0.3, 0.4) is 0 Å². The summed E-state index contributed by atoms with van der Waals surface area (Å²) < 4.78 is 5.30. The number of amides is 1. The van der Waals surface area contributed by atoms with E-state index in [0.29, 0.717) is 0 Å². The van der Waals surface area contributed by atoms with Gasteiger partial charge in [-0.25, -0.2) is 4.79 Å². The van der Waals surface area contributed by atoms with Crippen LogP contribution < -0.4 is 0 Å². The molecule has 1 amide bonds. The Labute approximate surface area is 100 Å². The Kier molecular flexibility index (Phi) is 4.11. The molecule has 2 N–H and O–H groups in total. The van der Waals surface area contributed by atoms with E-state index in [-0.39, 0.29) is 19.6 Å². The van der Waals surface area contributed by atoms with Crippen LogP contribution in [-0.2, 0) is 14.3 Å². The van der Waals surface area contributed by atoms with E-state index < -0.39 is 29.6 Å². The minimum atomic E-state index is -1.09. The second kappa shape index (κ2) is 5.01. The lowest BCUT2D eigenvalue weighted by atomic mass is 10.2. The molecule has 2 unspecified atom stereocenters. The van der Waals surface area contributed by atoms with Crippen LogP contribution in [0, 0.1) is 0 Å². The summed E-state index contributed by atoms with van der Waals surface area (Å²) in [6, 6.07) is -0.943. The van der Waals surface area contributed by atoms with Gasteiger partial charge >= 0.3 is 5.97 Å². The minimum Gasteiger partial charge on any atom is -0.480 e. The Balaban J connectivity index is 2.59. The third-order valence-electron chi connectivity index (χ3n) is 2.51. The molecular formula is C11H19NO5. The number of aliphatic carboxylic acids is 1. The van der Waals surface area contributed by atoms with E-state index in [0.717, 1.165) is 0 Å². The van der Waals surface area contributed by atoms with Crippen molar-refractivity contribution in [2.24, 2.45) is 0 Å². The van der Waals surface area contributed by atoms with Crippen LogP contribution in [0.5, 0.6) is 0 Å². The number of likely N-dealkylation sites (tertiary alicyclic amines) is 1. The van der Waals surface area contributed by atoms with E-state index in [1.165, 1.54) is 4.90 Å². The summed E-state index contributed by atoms with van der Waals surface area (Å²) in [7, 11) is 0. The zero-order valence-corrected chi connectivity index (χ0v) is 10.3. The Morgan fingerprint density at radius 3 is 2.47 bits per heavy atom. The number of hydrogen-bond donors (Lipinski definition) is 2. The van der Waals surface area contributed by atoms with Gasteiger partial charge < -0.3 is 19.8 Å². The smallest absolute Gasteiger partial charge is 0.326 e. The van der Waals surface area contributed by atoms with Crippen molar-refractivity contribution in [3.8, 4) is 0 Å². The second-order valence-corrected chi connectivity index (χ2v) is 5.19. The van der Waals surface area contributed by atoms with E-state index in [2.05, 4.69) is 0 Å². The molecule has 0 aromatic carbocycles. The van der Waals surface area contributed by atoms with Gasteiger partial charge in [-0.05, 0) is 20.8 Å². The van der Waals surface area contributed by atoms with Gasteiger partial charge in [0, 0.05) is 13.0 Å². The lowest BCUT2D eigenvalue weighted by Gasteiger charge is -2.24. The molecule has 1 aliphatic rings. The summed E-state index contributed by atoms with van der Waals surface area (Å²) in [5, 5.41) is 18.3. The maximum atomic E-state index is 11.8. The molecule has 0 aliphatic carbocycles. The number of carbonyl (C=O) groups excluding carboxylic acids is 1. The van der Waals surface area contributed by atoms with Gasteiger partial charge in [0.15, 0.2) is 0 Å². The molecule has 0 saturated carbocycles. The van der Waals surface area contributed by atoms with Crippen LogP contribution in [0.1, 0.15) is 27.2 Å². The van der Waals surface area contributed by atoms with Crippen molar-refractivity contribution < 1.29 is 24.5 Å². The normalized spacial score (nSPS) is 25.1. The highest BCUT2D eigenvalue weighted by Gasteiger charge is 2.38. The summed E-state index contributed by atoms with van der Waals surface area (Å²) in [4.78, 5) is 23.9. The first-order valence-electron chi connectivity index (χ1n) is 5.55. The number of hydrogen-bond acceptors (Lipinski definition) is 4. The van der Waals surface area contributed by atoms with Gasteiger partial charge in [0.25, 0.3) is 0 Å². The van der Waals surface area contributed by atoms with Crippen LogP contribution in [0.15, 0.2) is 0 Å². The maximum absolute atomic E-state index is 11.8. The van der Waals surface area contributed by atoms with Crippen LogP contribution in [-0.4, -0.2) is 57.9 Å². The van der Waals surface area contributed by atoms with Crippen molar-refractivity contribution in [2.45, 2.75) is 44.9 Å². The molecule has 0 bridgehead atoms. The lowest BCUT2D eigenvalue weighted by Crippen LogP contribution is -2.43. The Hall–Kier alpha value is -1.14. The molecule has 6 nitrogen and oxygen atoms in total. The van der Waals surface area contributed by atoms with Crippen molar-refractivity contribution in [1.82, 2.24) is 4.90 Å². The second-order valence-electron chi connectivity index (χ2n) is 5.19. The molecule has 0 spiro atoms. The van der Waals surface area contributed by atoms with Crippen molar-refractivity contribution >= 4 is 11.9 Å². The number of aliphatic hydroxyl groups is 1. The van der Waals surface area contributed by atoms with Gasteiger partial charge in [-0.3, -0.25) is 4.79 Å². The zero-order valence-electron chi connectivity index (χ0n) is 10.3. The van der Waals surface area contributed by atoms with Gasteiger partial charge in [0.05, 0.1) is 11.7 Å². The zero-order chi connectivity index (χ0) is 13.2. The molecule has 0 aromatic rings. The first kappa shape index (κ1) is 13.9. The average molecular weight is 245 g/mol. The average Bonchev–Trinajstić information content (AvgIpc) is 2.55. The highest BCUT2D eigenvalue weighted by atomic mass is 16.5. The number of carbonyl (C=O) groups is 2. The number of β-amino-alcohol motifs (C(OH)–C–C–N with tert-alkyl or cyclic N) is 1. The lowest BCUT2D eigenvalue weighted by molar-refractivity contribution is -0.152. The molecule has 1 fully saturated rings. The molecule has 1 rings (SSSR count). The van der Waals surface area contributed by atoms with Crippen LogP contribution >= 0.6 is 0 Å². The van der Waals surface area contributed by atoms with Gasteiger partial charge in [0.1, 0.15) is 12.6 Å². The van der Waals surface area contributed by atoms with Gasteiger partial charge in [0.2, 0.25) is 5.91 Å². The molecule has 1 saturated heterocycles. The Morgan fingerprint density at radius 2 is 2.00 bits per heavy atom. The number of nitrogens with zero attached hydrogens (tertiary/aromatic N) is 1. The van der Waals surface area contributed by atoms with E-state index in [1.807, 2.05) is 20.8 Å². The van der Waals surface area contributed by atoms with Crippen LogP contribution in [0.25, 0.3) is 0 Å². The third kappa shape index (κ3) is 3.98. The van der Waals surface area contributed by atoms with Crippen molar-refractivity contribution in [3.63, 3.8) is 0 Å². The summed E-state index contributed by atoms with van der Waals surface area (Å²) in [6.45, 7) is 5.33. The standard InChI is InChI=1S/C11H19NO5/c1-11(2,3)17-6-9(14)12-5-7(13)4-8(12)10(15)16/h7-8,13H,4-6H2,1-3H3,(H,15,16). The Morgan fingerprint density at radius 1 is 1.41 bits per heavy atom. The molecule has 98 valence electrons. The van der Waals surface area contributed by atoms with Gasteiger partial charge in [-0.15, -0.1) is 0 Å². The first-order chi connectivity index (χ1) is 7.70. The molecule has 1 aliphatic heterocycles. The number of carboxylic acid groups (broad SMARTS) is 1. The highest BCUT2D eigenvalue weighted by molar-refractivity contribution is 5.85. The van der Waals surface area contributed by atoms with E-state index >= 15 is 0 Å². The fourth-order valence-corrected chi connectivity index (χ4v) is 1.68. The molecular weight excluding hydrogens is 226 g/mol. The van der Waals surface area contributed by atoms with E-state index in [4.69, 9.17) is 9.84 Å². The van der Waals surface area contributed by atoms with Crippen molar-refractivity contribution in [1.29, 1.82) is 0 Å². The third-order valence-corrected chi connectivity index (χ3v) is 2.51. The quantitative estimate of drug-likeness (QED) is 0.722. The molecule has 2 atom stereocenters. The van der Waals surface area contributed by atoms with Crippen molar-refractivity contribution in [3.05, 3.63) is 0 Å². The molecule has 0 radical (unpaired) electrons. The SMILES string of the molecule is CC(C)(C)OCC(=O)N1CC(O)CC1C(=O)O.